The molecule has 9 heteroatoms. The van der Waals surface area contributed by atoms with Crippen molar-refractivity contribution in [1.82, 2.24) is 20.1 Å². The zero-order valence-corrected chi connectivity index (χ0v) is 18.1. The molecule has 0 unspecified atom stereocenters. The predicted molar refractivity (Wildman–Crippen MR) is 115 cm³/mol. The summed E-state index contributed by atoms with van der Waals surface area (Å²) in [6, 6.07) is 7.38. The van der Waals surface area contributed by atoms with Crippen LogP contribution in [0, 0.1) is 0 Å². The minimum atomic E-state index is -0.216. The number of aromatic nitrogens is 3. The number of amides is 2. The lowest BCUT2D eigenvalue weighted by Gasteiger charge is -2.22. The first-order valence-electron chi connectivity index (χ1n) is 9.95. The standard InChI is InChI=1S/C20H26ClN5O2S/c1-2-26-17(12-18(27)23-16-11-7-6-10-15(16)21)24-25-20(26)29-13-19(28)22-14-8-4-3-5-9-14/h6-7,10-11,14H,2-5,8-9,12-13H2,1H3,(H,22,28)(H,23,27). The van der Waals surface area contributed by atoms with E-state index in [-0.39, 0.29) is 18.2 Å². The summed E-state index contributed by atoms with van der Waals surface area (Å²) in [4.78, 5) is 24.6. The number of hydrogen-bond acceptors (Lipinski definition) is 5. The summed E-state index contributed by atoms with van der Waals surface area (Å²) in [5.41, 5.74) is 0.565. The second kappa shape index (κ2) is 10.6. The Hall–Kier alpha value is -2.06. The summed E-state index contributed by atoms with van der Waals surface area (Å²) in [5, 5.41) is 15.4. The molecule has 1 aromatic carbocycles. The molecule has 1 heterocycles. The van der Waals surface area contributed by atoms with Crippen LogP contribution in [-0.4, -0.2) is 38.4 Å². The zero-order valence-electron chi connectivity index (χ0n) is 16.5. The largest absolute Gasteiger partial charge is 0.353 e. The average Bonchev–Trinajstić information content (AvgIpc) is 3.10. The van der Waals surface area contributed by atoms with Crippen molar-refractivity contribution in [3.05, 3.63) is 35.1 Å². The van der Waals surface area contributed by atoms with Crippen molar-refractivity contribution in [1.29, 1.82) is 0 Å². The van der Waals surface area contributed by atoms with Crippen molar-refractivity contribution in [3.63, 3.8) is 0 Å². The molecule has 0 radical (unpaired) electrons. The van der Waals surface area contributed by atoms with Crippen molar-refractivity contribution in [2.75, 3.05) is 11.1 Å². The molecule has 156 valence electrons. The molecule has 0 spiro atoms. The number of rotatable bonds is 8. The molecule has 29 heavy (non-hydrogen) atoms. The highest BCUT2D eigenvalue weighted by molar-refractivity contribution is 7.99. The molecule has 2 amide bonds. The summed E-state index contributed by atoms with van der Waals surface area (Å²) in [5.74, 6) is 0.657. The number of para-hydroxylation sites is 1. The first-order chi connectivity index (χ1) is 14.1. The van der Waals surface area contributed by atoms with Gasteiger partial charge in [0.25, 0.3) is 0 Å². The lowest BCUT2D eigenvalue weighted by Crippen LogP contribution is -2.37. The Morgan fingerprint density at radius 2 is 1.93 bits per heavy atom. The highest BCUT2D eigenvalue weighted by atomic mass is 35.5. The highest BCUT2D eigenvalue weighted by Gasteiger charge is 2.19. The van der Waals surface area contributed by atoms with Gasteiger partial charge in [0.15, 0.2) is 5.16 Å². The quantitative estimate of drug-likeness (QED) is 0.617. The normalized spacial score (nSPS) is 14.6. The van der Waals surface area contributed by atoms with E-state index in [9.17, 15) is 9.59 Å². The van der Waals surface area contributed by atoms with Crippen molar-refractivity contribution in [3.8, 4) is 0 Å². The van der Waals surface area contributed by atoms with Crippen LogP contribution < -0.4 is 10.6 Å². The van der Waals surface area contributed by atoms with Crippen LogP contribution in [0.5, 0.6) is 0 Å². The molecule has 3 rings (SSSR count). The van der Waals surface area contributed by atoms with Gasteiger partial charge in [-0.2, -0.15) is 0 Å². The summed E-state index contributed by atoms with van der Waals surface area (Å²) >= 11 is 7.43. The van der Waals surface area contributed by atoms with Crippen LogP contribution in [-0.2, 0) is 22.6 Å². The number of carbonyl (C=O) groups is 2. The molecule has 1 saturated carbocycles. The van der Waals surface area contributed by atoms with Crippen molar-refractivity contribution >= 4 is 40.9 Å². The lowest BCUT2D eigenvalue weighted by atomic mass is 9.95. The number of nitrogens with one attached hydrogen (secondary N) is 2. The van der Waals surface area contributed by atoms with Crippen LogP contribution >= 0.6 is 23.4 Å². The molecule has 0 atom stereocenters. The van der Waals surface area contributed by atoms with Crippen LogP contribution in [0.2, 0.25) is 5.02 Å². The molecule has 7 nitrogen and oxygen atoms in total. The molecular weight excluding hydrogens is 410 g/mol. The van der Waals surface area contributed by atoms with Gasteiger partial charge in [0.1, 0.15) is 5.82 Å². The van der Waals surface area contributed by atoms with Gasteiger partial charge in [-0.1, -0.05) is 54.8 Å². The third-order valence-corrected chi connectivity index (χ3v) is 6.18. The maximum absolute atomic E-state index is 12.4. The maximum atomic E-state index is 12.4. The van der Waals surface area contributed by atoms with E-state index in [1.54, 1.807) is 18.2 Å². The fraction of sp³-hybridized carbons (Fsp3) is 0.500. The van der Waals surface area contributed by atoms with Gasteiger partial charge in [-0.05, 0) is 31.9 Å². The molecule has 1 aliphatic carbocycles. The third-order valence-electron chi connectivity index (χ3n) is 4.88. The van der Waals surface area contributed by atoms with Gasteiger partial charge in [0.2, 0.25) is 11.8 Å². The fourth-order valence-electron chi connectivity index (χ4n) is 3.42. The molecular formula is C20H26ClN5O2S. The topological polar surface area (TPSA) is 88.9 Å². The smallest absolute Gasteiger partial charge is 0.232 e. The Balaban J connectivity index is 1.54. The van der Waals surface area contributed by atoms with Gasteiger partial charge in [0.05, 0.1) is 22.9 Å². The number of benzene rings is 1. The Kier molecular flexibility index (Phi) is 7.94. The van der Waals surface area contributed by atoms with Crippen LogP contribution in [0.15, 0.2) is 29.4 Å². The van der Waals surface area contributed by atoms with E-state index in [0.29, 0.717) is 40.0 Å². The monoisotopic (exact) mass is 435 g/mol. The Morgan fingerprint density at radius 1 is 1.17 bits per heavy atom. The number of thioether (sulfide) groups is 1. The predicted octanol–water partition coefficient (Wildman–Crippen LogP) is 3.67. The van der Waals surface area contributed by atoms with Crippen molar-refractivity contribution in [2.45, 2.75) is 63.2 Å². The minimum absolute atomic E-state index is 0.0190. The summed E-state index contributed by atoms with van der Waals surface area (Å²) in [6.07, 6.45) is 5.83. The summed E-state index contributed by atoms with van der Waals surface area (Å²) in [7, 11) is 0. The van der Waals surface area contributed by atoms with Gasteiger partial charge in [-0.25, -0.2) is 0 Å². The van der Waals surface area contributed by atoms with Gasteiger partial charge in [0, 0.05) is 12.6 Å². The first kappa shape index (κ1) is 21.6. The number of carbonyl (C=O) groups excluding carboxylic acids is 2. The molecule has 1 aliphatic rings. The summed E-state index contributed by atoms with van der Waals surface area (Å²) in [6.45, 7) is 2.58. The number of anilines is 1. The minimum Gasteiger partial charge on any atom is -0.353 e. The number of halogens is 1. The van der Waals surface area contributed by atoms with Gasteiger partial charge in [-0.3, -0.25) is 9.59 Å². The zero-order chi connectivity index (χ0) is 20.6. The van der Waals surface area contributed by atoms with Crippen LogP contribution in [0.1, 0.15) is 44.9 Å². The molecule has 0 bridgehead atoms. The van der Waals surface area contributed by atoms with Crippen LogP contribution in [0.4, 0.5) is 5.69 Å². The second-order valence-corrected chi connectivity index (χ2v) is 8.39. The number of hydrogen-bond donors (Lipinski definition) is 2. The maximum Gasteiger partial charge on any atom is 0.232 e. The van der Waals surface area contributed by atoms with Gasteiger partial charge < -0.3 is 15.2 Å². The van der Waals surface area contributed by atoms with Gasteiger partial charge >= 0.3 is 0 Å². The fourth-order valence-corrected chi connectivity index (χ4v) is 4.44. The van der Waals surface area contributed by atoms with Crippen LogP contribution in [0.25, 0.3) is 0 Å². The molecule has 2 N–H and O–H groups in total. The first-order valence-corrected chi connectivity index (χ1v) is 11.3. The SMILES string of the molecule is CCn1c(CC(=O)Nc2ccccc2Cl)nnc1SCC(=O)NC1CCCCC1. The molecule has 1 fully saturated rings. The van der Waals surface area contributed by atoms with Crippen molar-refractivity contribution in [2.24, 2.45) is 0 Å². The Morgan fingerprint density at radius 3 is 2.66 bits per heavy atom. The van der Waals surface area contributed by atoms with E-state index < -0.39 is 0 Å². The Labute approximate surface area is 180 Å². The second-order valence-electron chi connectivity index (χ2n) is 7.04. The third kappa shape index (κ3) is 6.21. The molecule has 1 aromatic heterocycles. The molecule has 2 aromatic rings. The van der Waals surface area contributed by atoms with E-state index in [1.807, 2.05) is 17.6 Å². The summed E-state index contributed by atoms with van der Waals surface area (Å²) < 4.78 is 1.87. The number of nitrogens with zero attached hydrogens (tertiary/aromatic N) is 3. The Bertz CT molecular complexity index is 851. The van der Waals surface area contributed by atoms with E-state index in [4.69, 9.17) is 11.6 Å². The van der Waals surface area contributed by atoms with E-state index >= 15 is 0 Å². The van der Waals surface area contributed by atoms with Crippen molar-refractivity contribution < 1.29 is 9.59 Å². The van der Waals surface area contributed by atoms with Crippen LogP contribution in [0.3, 0.4) is 0 Å². The van der Waals surface area contributed by atoms with Gasteiger partial charge in [-0.15, -0.1) is 10.2 Å². The van der Waals surface area contributed by atoms with E-state index in [0.717, 1.165) is 12.8 Å². The lowest BCUT2D eigenvalue weighted by molar-refractivity contribution is -0.119. The molecule has 0 saturated heterocycles. The highest BCUT2D eigenvalue weighted by Crippen LogP contribution is 2.22. The van der Waals surface area contributed by atoms with E-state index in [1.165, 1.54) is 31.0 Å². The molecule has 0 aliphatic heterocycles. The van der Waals surface area contributed by atoms with E-state index in [2.05, 4.69) is 20.8 Å². The average molecular weight is 436 g/mol.